The Morgan fingerprint density at radius 3 is 2.75 bits per heavy atom. The molecule has 2 aromatic carbocycles. The Hall–Kier alpha value is -2.88. The fraction of sp³-hybridized carbons (Fsp3) is 0.200. The van der Waals surface area contributed by atoms with Crippen LogP contribution in [-0.4, -0.2) is 15.5 Å². The molecular formula is C20H19N3O. The predicted octanol–water partition coefficient (Wildman–Crippen LogP) is 3.93. The van der Waals surface area contributed by atoms with Crippen molar-refractivity contribution in [1.29, 1.82) is 0 Å². The van der Waals surface area contributed by atoms with Gasteiger partial charge in [-0.3, -0.25) is 4.79 Å². The van der Waals surface area contributed by atoms with E-state index in [1.165, 1.54) is 12.8 Å². The quantitative estimate of drug-likeness (QED) is 0.775. The minimum Gasteiger partial charge on any atom is -0.326 e. The number of anilines is 1. The van der Waals surface area contributed by atoms with Crippen molar-refractivity contribution in [1.82, 2.24) is 9.55 Å². The minimum atomic E-state index is -0.00797. The van der Waals surface area contributed by atoms with Crippen molar-refractivity contribution >= 4 is 11.6 Å². The highest BCUT2D eigenvalue weighted by Gasteiger charge is 2.28. The summed E-state index contributed by atoms with van der Waals surface area (Å²) in [5.41, 5.74) is 2.85. The lowest BCUT2D eigenvalue weighted by Gasteiger charge is -2.10. The van der Waals surface area contributed by atoms with Gasteiger partial charge >= 0.3 is 0 Å². The van der Waals surface area contributed by atoms with Gasteiger partial charge in [0.15, 0.2) is 0 Å². The fourth-order valence-electron chi connectivity index (χ4n) is 2.90. The number of benzene rings is 2. The summed E-state index contributed by atoms with van der Waals surface area (Å²) in [6.45, 7) is 0. The number of imidazole rings is 1. The van der Waals surface area contributed by atoms with E-state index < -0.39 is 0 Å². The fourth-order valence-corrected chi connectivity index (χ4v) is 2.90. The van der Waals surface area contributed by atoms with Crippen LogP contribution in [0.4, 0.5) is 5.69 Å². The third-order valence-electron chi connectivity index (χ3n) is 4.23. The topological polar surface area (TPSA) is 46.9 Å². The molecule has 1 amide bonds. The number of carbonyl (C=O) groups is 1. The summed E-state index contributed by atoms with van der Waals surface area (Å²) in [5, 5.41) is 2.98. The molecule has 0 spiro atoms. The molecule has 1 saturated carbocycles. The third-order valence-corrected chi connectivity index (χ3v) is 4.23. The number of aromatic nitrogens is 2. The monoisotopic (exact) mass is 317 g/mol. The van der Waals surface area contributed by atoms with Crippen molar-refractivity contribution < 1.29 is 4.79 Å². The molecule has 1 aliphatic carbocycles. The van der Waals surface area contributed by atoms with Crippen LogP contribution in [0.1, 0.15) is 30.1 Å². The van der Waals surface area contributed by atoms with Gasteiger partial charge in [0.25, 0.3) is 0 Å². The molecule has 3 aromatic rings. The highest BCUT2D eigenvalue weighted by atomic mass is 16.1. The predicted molar refractivity (Wildman–Crippen MR) is 94.3 cm³/mol. The Labute approximate surface area is 141 Å². The minimum absolute atomic E-state index is 0.00797. The largest absolute Gasteiger partial charge is 0.326 e. The highest BCUT2D eigenvalue weighted by Crippen LogP contribution is 2.39. The molecule has 4 rings (SSSR count). The van der Waals surface area contributed by atoms with Crippen LogP contribution in [0.5, 0.6) is 0 Å². The third kappa shape index (κ3) is 3.23. The van der Waals surface area contributed by atoms with Gasteiger partial charge in [-0.25, -0.2) is 4.98 Å². The van der Waals surface area contributed by atoms with Crippen LogP contribution in [-0.2, 0) is 11.2 Å². The van der Waals surface area contributed by atoms with Crippen molar-refractivity contribution in [2.75, 3.05) is 5.32 Å². The second-order valence-electron chi connectivity index (χ2n) is 6.19. The first-order valence-corrected chi connectivity index (χ1v) is 8.27. The summed E-state index contributed by atoms with van der Waals surface area (Å²) in [6.07, 6.45) is 6.63. The number of rotatable bonds is 5. The molecule has 0 atom stereocenters. The average molecular weight is 317 g/mol. The Bertz CT molecular complexity index is 850. The van der Waals surface area contributed by atoms with Crippen molar-refractivity contribution in [3.63, 3.8) is 0 Å². The lowest BCUT2D eigenvalue weighted by molar-refractivity contribution is -0.115. The van der Waals surface area contributed by atoms with E-state index in [0.29, 0.717) is 12.3 Å². The van der Waals surface area contributed by atoms with Gasteiger partial charge < -0.3 is 9.88 Å². The van der Waals surface area contributed by atoms with Crippen LogP contribution < -0.4 is 5.32 Å². The first kappa shape index (κ1) is 14.7. The maximum atomic E-state index is 12.2. The van der Waals surface area contributed by atoms with Crippen molar-refractivity contribution in [2.24, 2.45) is 0 Å². The molecule has 0 unspecified atom stereocenters. The van der Waals surface area contributed by atoms with E-state index in [-0.39, 0.29) is 5.91 Å². The molecule has 1 aromatic heterocycles. The number of nitrogens with one attached hydrogen (secondary N) is 1. The van der Waals surface area contributed by atoms with E-state index in [1.807, 2.05) is 67.0 Å². The molecule has 1 aliphatic rings. The highest BCUT2D eigenvalue weighted by molar-refractivity contribution is 5.92. The van der Waals surface area contributed by atoms with Crippen LogP contribution in [0.15, 0.2) is 67.0 Å². The molecule has 1 heterocycles. The van der Waals surface area contributed by atoms with E-state index >= 15 is 0 Å². The molecule has 1 fully saturated rings. The van der Waals surface area contributed by atoms with Crippen LogP contribution in [0.2, 0.25) is 0 Å². The zero-order valence-electron chi connectivity index (χ0n) is 13.4. The van der Waals surface area contributed by atoms with E-state index in [1.54, 1.807) is 0 Å². The summed E-state index contributed by atoms with van der Waals surface area (Å²) < 4.78 is 2.12. The number of hydrogen-bond acceptors (Lipinski definition) is 2. The van der Waals surface area contributed by atoms with Gasteiger partial charge in [-0.15, -0.1) is 0 Å². The lowest BCUT2D eigenvalue weighted by atomic mass is 10.1. The summed E-state index contributed by atoms with van der Waals surface area (Å²) in [4.78, 5) is 16.7. The zero-order valence-corrected chi connectivity index (χ0v) is 13.4. The van der Waals surface area contributed by atoms with Gasteiger partial charge in [-0.1, -0.05) is 36.4 Å². The Morgan fingerprint density at radius 1 is 1.12 bits per heavy atom. The molecular weight excluding hydrogens is 298 g/mol. The van der Waals surface area contributed by atoms with Crippen LogP contribution in [0.3, 0.4) is 0 Å². The first-order chi connectivity index (χ1) is 11.8. The van der Waals surface area contributed by atoms with E-state index in [2.05, 4.69) is 14.9 Å². The first-order valence-electron chi connectivity index (χ1n) is 8.27. The Balaban J connectivity index is 1.50. The number of carbonyl (C=O) groups excluding carboxylic acids is 1. The molecule has 4 nitrogen and oxygen atoms in total. The lowest BCUT2D eigenvalue weighted by Crippen LogP contribution is -2.14. The van der Waals surface area contributed by atoms with Crippen LogP contribution >= 0.6 is 0 Å². The molecule has 120 valence electrons. The summed E-state index contributed by atoms with van der Waals surface area (Å²) in [6, 6.07) is 17.7. The summed E-state index contributed by atoms with van der Waals surface area (Å²) in [5.74, 6) is 1.69. The molecule has 0 radical (unpaired) electrons. The van der Waals surface area contributed by atoms with Crippen LogP contribution in [0, 0.1) is 0 Å². The Morgan fingerprint density at radius 2 is 1.96 bits per heavy atom. The molecule has 0 bridgehead atoms. The van der Waals surface area contributed by atoms with E-state index in [9.17, 15) is 4.79 Å². The SMILES string of the molecule is O=C(Cc1ccccc1)Nc1cccc(-n2ccnc2C2CC2)c1. The number of amides is 1. The summed E-state index contributed by atoms with van der Waals surface area (Å²) in [7, 11) is 0. The van der Waals surface area contributed by atoms with E-state index in [0.717, 1.165) is 22.8 Å². The Kier molecular flexibility index (Phi) is 3.87. The van der Waals surface area contributed by atoms with Gasteiger partial charge in [-0.2, -0.15) is 0 Å². The van der Waals surface area contributed by atoms with Crippen molar-refractivity contribution in [2.45, 2.75) is 25.2 Å². The normalized spacial score (nSPS) is 13.7. The van der Waals surface area contributed by atoms with Crippen molar-refractivity contribution in [3.05, 3.63) is 78.4 Å². The number of nitrogens with zero attached hydrogens (tertiary/aromatic N) is 2. The van der Waals surface area contributed by atoms with Gasteiger partial charge in [0.2, 0.25) is 5.91 Å². The summed E-state index contributed by atoms with van der Waals surface area (Å²) >= 11 is 0. The maximum Gasteiger partial charge on any atom is 0.228 e. The maximum absolute atomic E-state index is 12.2. The standard InChI is InChI=1S/C20H19N3O/c24-19(13-15-5-2-1-3-6-15)22-17-7-4-8-18(14-17)23-12-11-21-20(23)16-9-10-16/h1-8,11-12,14,16H,9-10,13H2,(H,22,24). The molecule has 24 heavy (non-hydrogen) atoms. The average Bonchev–Trinajstić information content (AvgIpc) is 3.32. The zero-order chi connectivity index (χ0) is 16.4. The molecule has 4 heteroatoms. The van der Waals surface area contributed by atoms with Gasteiger partial charge in [0.1, 0.15) is 5.82 Å². The molecule has 0 aliphatic heterocycles. The van der Waals surface area contributed by atoms with Crippen LogP contribution in [0.25, 0.3) is 5.69 Å². The van der Waals surface area contributed by atoms with Crippen molar-refractivity contribution in [3.8, 4) is 5.69 Å². The van der Waals surface area contributed by atoms with Gasteiger partial charge in [0, 0.05) is 29.7 Å². The van der Waals surface area contributed by atoms with Gasteiger partial charge in [-0.05, 0) is 36.6 Å². The number of hydrogen-bond donors (Lipinski definition) is 1. The molecule has 0 saturated heterocycles. The van der Waals surface area contributed by atoms with Gasteiger partial charge in [0.05, 0.1) is 6.42 Å². The smallest absolute Gasteiger partial charge is 0.228 e. The van der Waals surface area contributed by atoms with E-state index in [4.69, 9.17) is 0 Å². The second-order valence-corrected chi connectivity index (χ2v) is 6.19. The second kappa shape index (κ2) is 6.32. The molecule has 1 N–H and O–H groups in total.